The van der Waals surface area contributed by atoms with Crippen molar-refractivity contribution in [1.29, 1.82) is 0 Å². The number of amides is 2. The maximum Gasteiger partial charge on any atom is 0.248 e. The molecule has 2 amide bonds. The molecule has 0 aliphatic heterocycles. The molecule has 0 saturated heterocycles. The number of methoxy groups -OCH3 is 1. The van der Waals surface area contributed by atoms with E-state index in [9.17, 15) is 14.7 Å². The molecule has 0 aromatic heterocycles. The van der Waals surface area contributed by atoms with Gasteiger partial charge in [0.15, 0.2) is 0 Å². The van der Waals surface area contributed by atoms with E-state index in [0.717, 1.165) is 9.13 Å². The molecule has 38 heavy (non-hydrogen) atoms. The highest BCUT2D eigenvalue weighted by Gasteiger charge is 2.40. The molecule has 0 unspecified atom stereocenters. The Morgan fingerprint density at radius 3 is 2.68 bits per heavy atom. The Kier molecular flexibility index (Phi) is 11.8. The average Bonchev–Trinajstić information content (AvgIpc) is 2.93. The first kappa shape index (κ1) is 29.9. The van der Waals surface area contributed by atoms with E-state index in [2.05, 4.69) is 27.9 Å². The molecule has 0 fully saturated rings. The highest BCUT2D eigenvalue weighted by molar-refractivity contribution is 14.1. The summed E-state index contributed by atoms with van der Waals surface area (Å²) in [6, 6.07) is 14.2. The van der Waals surface area contributed by atoms with E-state index in [1.165, 1.54) is 0 Å². The molecule has 0 bridgehead atoms. The summed E-state index contributed by atoms with van der Waals surface area (Å²) in [4.78, 5) is 27.8. The van der Waals surface area contributed by atoms with Gasteiger partial charge < -0.3 is 34.6 Å². The minimum atomic E-state index is -1.10. The van der Waals surface area contributed by atoms with Crippen molar-refractivity contribution in [3.8, 4) is 11.5 Å². The van der Waals surface area contributed by atoms with Crippen LogP contribution >= 0.6 is 22.6 Å². The number of benzene rings is 2. The minimum Gasteiger partial charge on any atom is -0.497 e. The third kappa shape index (κ3) is 8.16. The maximum absolute atomic E-state index is 13.3. The van der Waals surface area contributed by atoms with Gasteiger partial charge in [-0.1, -0.05) is 24.3 Å². The topological polar surface area (TPSA) is 118 Å². The number of hydrogen-bond donors (Lipinski definition) is 3. The predicted molar refractivity (Wildman–Crippen MR) is 151 cm³/mol. The molecule has 1 aliphatic rings. The largest absolute Gasteiger partial charge is 0.497 e. The summed E-state index contributed by atoms with van der Waals surface area (Å²) in [5.74, 6) is 0.609. The Morgan fingerprint density at radius 2 is 1.97 bits per heavy atom. The second-order valence-corrected chi connectivity index (χ2v) is 9.93. The first-order chi connectivity index (χ1) is 18.4. The van der Waals surface area contributed by atoms with Crippen LogP contribution in [0.1, 0.15) is 18.9 Å². The van der Waals surface area contributed by atoms with Gasteiger partial charge in [0, 0.05) is 31.7 Å². The van der Waals surface area contributed by atoms with E-state index in [4.69, 9.17) is 19.3 Å². The molecule has 0 saturated carbocycles. The summed E-state index contributed by atoms with van der Waals surface area (Å²) in [7, 11) is 1.60. The third-order valence-corrected chi connectivity index (χ3v) is 7.13. The summed E-state index contributed by atoms with van der Waals surface area (Å²) in [6.07, 6.45) is 0.260. The number of ether oxygens (including phenoxy) is 3. The van der Waals surface area contributed by atoms with Gasteiger partial charge in [0.2, 0.25) is 11.8 Å². The van der Waals surface area contributed by atoms with Gasteiger partial charge in [0.25, 0.3) is 0 Å². The van der Waals surface area contributed by atoms with Crippen LogP contribution in [0.25, 0.3) is 0 Å². The zero-order valence-electron chi connectivity index (χ0n) is 21.6. The summed E-state index contributed by atoms with van der Waals surface area (Å²) in [6.45, 7) is 2.22. The fourth-order valence-corrected chi connectivity index (χ4v) is 4.81. The summed E-state index contributed by atoms with van der Waals surface area (Å²) in [5, 5.41) is 23.3. The van der Waals surface area contributed by atoms with E-state index in [0.29, 0.717) is 36.6 Å². The molecule has 3 N–H and O–H groups in total. The van der Waals surface area contributed by atoms with Gasteiger partial charge >= 0.3 is 0 Å². The van der Waals surface area contributed by atoms with Crippen LogP contribution in [0.4, 0.5) is 0 Å². The van der Waals surface area contributed by atoms with Gasteiger partial charge in [0.1, 0.15) is 30.3 Å². The molecular weight excluding hydrogens is 603 g/mol. The Hall–Kier alpha value is -2.67. The van der Waals surface area contributed by atoms with Gasteiger partial charge in [-0.3, -0.25) is 9.59 Å². The smallest absolute Gasteiger partial charge is 0.248 e. The normalized spacial score (nSPS) is 18.9. The van der Waals surface area contributed by atoms with Gasteiger partial charge in [-0.25, -0.2) is 0 Å². The monoisotopic (exact) mass is 638 g/mol. The maximum atomic E-state index is 13.3. The van der Waals surface area contributed by atoms with Crippen LogP contribution in [0.3, 0.4) is 0 Å². The van der Waals surface area contributed by atoms with Crippen molar-refractivity contribution in [3.05, 3.63) is 69.3 Å². The van der Waals surface area contributed by atoms with Gasteiger partial charge in [0.05, 0.1) is 23.3 Å². The van der Waals surface area contributed by atoms with Crippen LogP contribution in [-0.4, -0.2) is 85.2 Å². The predicted octanol–water partition coefficient (Wildman–Crippen LogP) is 2.32. The Balaban J connectivity index is 1.92. The lowest BCUT2D eigenvalue weighted by Crippen LogP contribution is -2.56. The molecule has 3 rings (SSSR count). The number of carbonyl (C=O) groups is 2. The number of halogens is 1. The summed E-state index contributed by atoms with van der Waals surface area (Å²) in [5.41, 5.74) is 1.34. The van der Waals surface area contributed by atoms with Crippen molar-refractivity contribution < 1.29 is 34.0 Å². The number of rotatable bonds is 13. The fourth-order valence-electron chi connectivity index (χ4n) is 4.29. The van der Waals surface area contributed by atoms with E-state index in [1.807, 2.05) is 42.5 Å². The molecule has 10 heteroatoms. The summed E-state index contributed by atoms with van der Waals surface area (Å²) < 4.78 is 17.7. The SMILES string of the molecule is CCOCC(=O)N(CCc1cccc(OC)c1)[C@@H]1CC(C(=O)NCCO)=C[C@H](Oc2ccccc2I)[C@H]1O. The lowest BCUT2D eigenvalue weighted by atomic mass is 9.88. The highest BCUT2D eigenvalue weighted by Crippen LogP contribution is 2.30. The van der Waals surface area contributed by atoms with Crippen molar-refractivity contribution in [2.24, 2.45) is 0 Å². The van der Waals surface area contributed by atoms with Crippen molar-refractivity contribution in [2.45, 2.75) is 38.0 Å². The second kappa shape index (κ2) is 15.1. The third-order valence-electron chi connectivity index (χ3n) is 6.24. The van der Waals surface area contributed by atoms with Crippen LogP contribution in [0.15, 0.2) is 60.2 Å². The van der Waals surface area contributed by atoms with Gasteiger partial charge in [-0.05, 0) is 71.8 Å². The highest BCUT2D eigenvalue weighted by atomic mass is 127. The standard InChI is InChI=1S/C28H35IN2O7/c1-3-37-18-26(33)31(13-11-19-7-6-8-21(15-19)36-2)23-16-20(28(35)30-12-14-32)17-25(27(23)34)38-24-10-5-4-9-22(24)29/h4-10,15,17,23,25,27,32,34H,3,11-14,16,18H2,1-2H3,(H,30,35)/t23-,25+,27+/m1/s1. The Morgan fingerprint density at radius 1 is 1.18 bits per heavy atom. The van der Waals surface area contributed by atoms with E-state index < -0.39 is 18.2 Å². The lowest BCUT2D eigenvalue weighted by Gasteiger charge is -2.40. The fraction of sp³-hybridized carbons (Fsp3) is 0.429. The molecule has 9 nitrogen and oxygen atoms in total. The van der Waals surface area contributed by atoms with Crippen LogP contribution in [-0.2, 0) is 20.7 Å². The molecule has 2 aromatic carbocycles. The minimum absolute atomic E-state index is 0.0916. The Labute approximate surface area is 236 Å². The van der Waals surface area contributed by atoms with E-state index in [1.54, 1.807) is 31.1 Å². The molecule has 1 aliphatic carbocycles. The van der Waals surface area contributed by atoms with E-state index in [-0.39, 0.29) is 38.0 Å². The molecule has 0 heterocycles. The molecule has 0 radical (unpaired) electrons. The lowest BCUT2D eigenvalue weighted by molar-refractivity contribution is -0.143. The Bertz CT molecular complexity index is 1110. The van der Waals surface area contributed by atoms with Crippen LogP contribution in [0.5, 0.6) is 11.5 Å². The van der Waals surface area contributed by atoms with Crippen molar-refractivity contribution in [3.63, 3.8) is 0 Å². The van der Waals surface area contributed by atoms with Crippen molar-refractivity contribution >= 4 is 34.4 Å². The van der Waals surface area contributed by atoms with Gasteiger partial charge in [-0.2, -0.15) is 0 Å². The molecule has 2 aromatic rings. The number of para-hydroxylation sites is 1. The second-order valence-electron chi connectivity index (χ2n) is 8.77. The van der Waals surface area contributed by atoms with Crippen LogP contribution in [0.2, 0.25) is 0 Å². The van der Waals surface area contributed by atoms with Crippen molar-refractivity contribution in [2.75, 3.05) is 40.0 Å². The quantitative estimate of drug-likeness (QED) is 0.289. The number of carbonyl (C=O) groups excluding carboxylic acids is 2. The molecular formula is C28H35IN2O7. The number of hydrogen-bond acceptors (Lipinski definition) is 7. The summed E-state index contributed by atoms with van der Waals surface area (Å²) >= 11 is 2.14. The van der Waals surface area contributed by atoms with Crippen LogP contribution < -0.4 is 14.8 Å². The van der Waals surface area contributed by atoms with Crippen molar-refractivity contribution in [1.82, 2.24) is 10.2 Å². The number of nitrogens with one attached hydrogen (secondary N) is 1. The zero-order valence-corrected chi connectivity index (χ0v) is 23.8. The van der Waals surface area contributed by atoms with Crippen LogP contribution in [0, 0.1) is 3.57 Å². The first-order valence-electron chi connectivity index (χ1n) is 12.6. The molecule has 3 atom stereocenters. The number of nitrogens with zero attached hydrogens (tertiary/aromatic N) is 1. The zero-order chi connectivity index (χ0) is 27.5. The number of aliphatic hydroxyl groups excluding tert-OH is 2. The van der Waals surface area contributed by atoms with E-state index >= 15 is 0 Å². The van der Waals surface area contributed by atoms with Gasteiger partial charge in [-0.15, -0.1) is 0 Å². The molecule has 206 valence electrons. The molecule has 0 spiro atoms. The number of aliphatic hydroxyl groups is 2. The average molecular weight is 638 g/mol. The first-order valence-corrected chi connectivity index (χ1v) is 13.6.